The molecule has 2 rings (SSSR count). The third kappa shape index (κ3) is 2.10. The average molecular weight is 239 g/mol. The van der Waals surface area contributed by atoms with Gasteiger partial charge in [-0.2, -0.15) is 0 Å². The summed E-state index contributed by atoms with van der Waals surface area (Å²) in [7, 11) is 0. The van der Waals surface area contributed by atoms with Crippen LogP contribution >= 0.6 is 0 Å². The highest BCUT2D eigenvalue weighted by molar-refractivity contribution is 5.93. The molecule has 0 aliphatic carbocycles. The standard InChI is InChI=1S/C12H14FNO3/c1-2-16-12(15)7-3-4-8(13)10-9(14)5-6-17-11(7)10/h3-4,9H,2,5-6,14H2,1H3/t9-/m0/s1. The summed E-state index contributed by atoms with van der Waals surface area (Å²) in [6, 6.07) is 2.15. The molecule has 0 aromatic heterocycles. The van der Waals surface area contributed by atoms with E-state index in [2.05, 4.69) is 0 Å². The normalized spacial score (nSPS) is 18.2. The highest BCUT2D eigenvalue weighted by atomic mass is 19.1. The summed E-state index contributed by atoms with van der Waals surface area (Å²) in [5.41, 5.74) is 6.32. The number of hydrogen-bond acceptors (Lipinski definition) is 4. The van der Waals surface area contributed by atoms with E-state index in [-0.39, 0.29) is 23.5 Å². The van der Waals surface area contributed by atoms with Crippen LogP contribution in [0.15, 0.2) is 12.1 Å². The van der Waals surface area contributed by atoms with Gasteiger partial charge in [0.25, 0.3) is 0 Å². The average Bonchev–Trinajstić information content (AvgIpc) is 2.29. The lowest BCUT2D eigenvalue weighted by Gasteiger charge is -2.24. The van der Waals surface area contributed by atoms with E-state index in [0.29, 0.717) is 13.0 Å². The van der Waals surface area contributed by atoms with E-state index in [9.17, 15) is 9.18 Å². The van der Waals surface area contributed by atoms with Crippen molar-refractivity contribution in [2.45, 2.75) is 19.4 Å². The predicted octanol–water partition coefficient (Wildman–Crippen LogP) is 1.78. The number of rotatable bonds is 2. The third-order valence-electron chi connectivity index (χ3n) is 2.68. The zero-order chi connectivity index (χ0) is 12.4. The molecule has 0 spiro atoms. The topological polar surface area (TPSA) is 61.5 Å². The zero-order valence-corrected chi connectivity index (χ0v) is 9.53. The van der Waals surface area contributed by atoms with Crippen LogP contribution in [-0.2, 0) is 4.74 Å². The summed E-state index contributed by atoms with van der Waals surface area (Å²) in [6.45, 7) is 2.35. The van der Waals surface area contributed by atoms with Gasteiger partial charge in [-0.25, -0.2) is 9.18 Å². The molecule has 5 heteroatoms. The molecular formula is C12H14FNO3. The summed E-state index contributed by atoms with van der Waals surface area (Å²) >= 11 is 0. The van der Waals surface area contributed by atoms with Crippen molar-refractivity contribution < 1.29 is 18.7 Å². The number of ether oxygens (including phenoxy) is 2. The number of halogens is 1. The van der Waals surface area contributed by atoms with Gasteiger partial charge >= 0.3 is 5.97 Å². The van der Waals surface area contributed by atoms with Crippen molar-refractivity contribution in [1.29, 1.82) is 0 Å². The minimum Gasteiger partial charge on any atom is -0.492 e. The maximum atomic E-state index is 13.6. The summed E-state index contributed by atoms with van der Waals surface area (Å²) in [6.07, 6.45) is 0.538. The van der Waals surface area contributed by atoms with Crippen LogP contribution in [0.3, 0.4) is 0 Å². The molecule has 0 fully saturated rings. The number of nitrogens with two attached hydrogens (primary N) is 1. The Labute approximate surface area is 98.5 Å². The van der Waals surface area contributed by atoms with Gasteiger partial charge in [-0.3, -0.25) is 0 Å². The van der Waals surface area contributed by atoms with Gasteiger partial charge < -0.3 is 15.2 Å². The summed E-state index contributed by atoms with van der Waals surface area (Å²) in [5.74, 6) is -0.736. The van der Waals surface area contributed by atoms with Crippen LogP contribution in [0.25, 0.3) is 0 Å². The number of carbonyl (C=O) groups is 1. The molecule has 1 atom stereocenters. The van der Waals surface area contributed by atoms with E-state index in [1.807, 2.05) is 0 Å². The second-order valence-corrected chi connectivity index (χ2v) is 3.80. The molecule has 1 aromatic carbocycles. The molecule has 92 valence electrons. The van der Waals surface area contributed by atoms with E-state index < -0.39 is 17.8 Å². The van der Waals surface area contributed by atoms with Crippen LogP contribution in [-0.4, -0.2) is 19.2 Å². The Hall–Kier alpha value is -1.62. The van der Waals surface area contributed by atoms with Crippen LogP contribution in [0.1, 0.15) is 35.3 Å². The summed E-state index contributed by atoms with van der Waals surface area (Å²) < 4.78 is 23.9. The van der Waals surface area contributed by atoms with Gasteiger partial charge in [0.2, 0.25) is 0 Å². The first kappa shape index (κ1) is 11.9. The summed E-state index contributed by atoms with van der Waals surface area (Å²) in [4.78, 5) is 11.7. The summed E-state index contributed by atoms with van der Waals surface area (Å²) in [5, 5.41) is 0. The number of esters is 1. The Balaban J connectivity index is 2.48. The van der Waals surface area contributed by atoms with Crippen molar-refractivity contribution in [3.8, 4) is 5.75 Å². The van der Waals surface area contributed by atoms with Gasteiger partial charge in [-0.15, -0.1) is 0 Å². The lowest BCUT2D eigenvalue weighted by atomic mass is 9.97. The number of hydrogen-bond donors (Lipinski definition) is 1. The first-order valence-corrected chi connectivity index (χ1v) is 5.53. The second kappa shape index (κ2) is 4.71. The maximum absolute atomic E-state index is 13.6. The minimum absolute atomic E-state index is 0.224. The predicted molar refractivity (Wildman–Crippen MR) is 59.4 cm³/mol. The maximum Gasteiger partial charge on any atom is 0.341 e. The fraction of sp³-hybridized carbons (Fsp3) is 0.417. The smallest absolute Gasteiger partial charge is 0.341 e. The molecule has 0 radical (unpaired) electrons. The molecule has 2 N–H and O–H groups in total. The van der Waals surface area contributed by atoms with Gasteiger partial charge in [0.15, 0.2) is 0 Å². The lowest BCUT2D eigenvalue weighted by molar-refractivity contribution is 0.0520. The monoisotopic (exact) mass is 239 g/mol. The Morgan fingerprint density at radius 1 is 1.65 bits per heavy atom. The SMILES string of the molecule is CCOC(=O)c1ccc(F)c2c1OCC[C@@H]2N. The number of carbonyl (C=O) groups excluding carboxylic acids is 1. The van der Waals surface area contributed by atoms with E-state index in [0.717, 1.165) is 0 Å². The third-order valence-corrected chi connectivity index (χ3v) is 2.68. The molecule has 0 unspecified atom stereocenters. The van der Waals surface area contributed by atoms with Gasteiger partial charge in [0.05, 0.1) is 13.2 Å². The van der Waals surface area contributed by atoms with Gasteiger partial charge in [-0.05, 0) is 19.1 Å². The Kier molecular flexibility index (Phi) is 3.28. The van der Waals surface area contributed by atoms with Gasteiger partial charge in [0, 0.05) is 18.0 Å². The van der Waals surface area contributed by atoms with Crippen LogP contribution in [0.4, 0.5) is 4.39 Å². The fourth-order valence-electron chi connectivity index (χ4n) is 1.88. The molecule has 0 bridgehead atoms. The number of benzene rings is 1. The molecule has 1 aromatic rings. The van der Waals surface area contributed by atoms with Crippen LogP contribution < -0.4 is 10.5 Å². The van der Waals surface area contributed by atoms with Crippen LogP contribution in [0.5, 0.6) is 5.75 Å². The first-order valence-electron chi connectivity index (χ1n) is 5.53. The fourth-order valence-corrected chi connectivity index (χ4v) is 1.88. The van der Waals surface area contributed by atoms with Crippen molar-refractivity contribution in [2.24, 2.45) is 5.73 Å². The highest BCUT2D eigenvalue weighted by Gasteiger charge is 2.27. The number of fused-ring (bicyclic) bond motifs is 1. The lowest BCUT2D eigenvalue weighted by Crippen LogP contribution is -2.24. The zero-order valence-electron chi connectivity index (χ0n) is 9.53. The molecule has 4 nitrogen and oxygen atoms in total. The van der Waals surface area contributed by atoms with Crippen molar-refractivity contribution >= 4 is 5.97 Å². The molecule has 0 amide bonds. The largest absolute Gasteiger partial charge is 0.492 e. The highest BCUT2D eigenvalue weighted by Crippen LogP contribution is 2.36. The first-order chi connectivity index (χ1) is 8.15. The molecule has 1 aliphatic rings. The van der Waals surface area contributed by atoms with E-state index in [4.69, 9.17) is 15.2 Å². The Morgan fingerprint density at radius 3 is 3.12 bits per heavy atom. The Bertz CT molecular complexity index is 448. The van der Waals surface area contributed by atoms with Crippen LogP contribution in [0.2, 0.25) is 0 Å². The molecule has 0 saturated carbocycles. The van der Waals surface area contributed by atoms with E-state index in [1.165, 1.54) is 12.1 Å². The Morgan fingerprint density at radius 2 is 2.41 bits per heavy atom. The molecule has 17 heavy (non-hydrogen) atoms. The van der Waals surface area contributed by atoms with Crippen molar-refractivity contribution in [2.75, 3.05) is 13.2 Å². The van der Waals surface area contributed by atoms with E-state index in [1.54, 1.807) is 6.92 Å². The molecule has 0 saturated heterocycles. The van der Waals surface area contributed by atoms with Crippen LogP contribution in [0, 0.1) is 5.82 Å². The van der Waals surface area contributed by atoms with E-state index >= 15 is 0 Å². The van der Waals surface area contributed by atoms with Gasteiger partial charge in [-0.1, -0.05) is 0 Å². The molecular weight excluding hydrogens is 225 g/mol. The quantitative estimate of drug-likeness (QED) is 0.799. The molecule has 1 aliphatic heterocycles. The van der Waals surface area contributed by atoms with Crippen molar-refractivity contribution in [3.63, 3.8) is 0 Å². The van der Waals surface area contributed by atoms with Gasteiger partial charge in [0.1, 0.15) is 17.1 Å². The minimum atomic E-state index is -0.516. The van der Waals surface area contributed by atoms with Crippen molar-refractivity contribution in [3.05, 3.63) is 29.1 Å². The second-order valence-electron chi connectivity index (χ2n) is 3.80. The van der Waals surface area contributed by atoms with Crippen molar-refractivity contribution in [1.82, 2.24) is 0 Å². The molecule has 1 heterocycles.